The Kier molecular flexibility index (Phi) is 8.99. The molecule has 6 nitrogen and oxygen atoms in total. The number of benzene rings is 11. The molecule has 6 heteroatoms. The van der Waals surface area contributed by atoms with Crippen molar-refractivity contribution in [1.29, 1.82) is 10.5 Å². The lowest BCUT2D eigenvalue weighted by Crippen LogP contribution is -2.10. The topological polar surface area (TPSA) is 62.9 Å². The maximum Gasteiger partial charge on any atom is 0.0992 e. The fraction of sp³-hybridized carbons (Fsp3) is 0. The predicted molar refractivity (Wildman–Crippen MR) is 305 cm³/mol. The first-order valence-corrected chi connectivity index (χ1v) is 24.9. The molecule has 0 aliphatic carbocycles. The summed E-state index contributed by atoms with van der Waals surface area (Å²) >= 11 is 0. The van der Waals surface area contributed by atoms with Gasteiger partial charge in [-0.1, -0.05) is 146 Å². The van der Waals surface area contributed by atoms with Gasteiger partial charge in [-0.2, -0.15) is 10.5 Å². The highest BCUT2D eigenvalue weighted by Gasteiger charge is 2.31. The van der Waals surface area contributed by atoms with Crippen molar-refractivity contribution in [3.63, 3.8) is 0 Å². The molecular weight excluding hydrogens is 901 g/mol. The summed E-state index contributed by atoms with van der Waals surface area (Å²) in [6.45, 7) is 0. The van der Waals surface area contributed by atoms with E-state index in [-0.39, 0.29) is 0 Å². The molecule has 0 bridgehead atoms. The van der Waals surface area contributed by atoms with E-state index in [0.29, 0.717) is 11.1 Å². The number of para-hydroxylation sites is 4. The fourth-order valence-corrected chi connectivity index (χ4v) is 12.2. The molecule has 0 spiro atoms. The monoisotopic (exact) mass is 940 g/mol. The van der Waals surface area contributed by atoms with Crippen LogP contribution in [0.2, 0.25) is 0 Å². The number of fused-ring (bicyclic) bond motifs is 12. The lowest BCUT2D eigenvalue weighted by atomic mass is 9.89. The Hall–Kier alpha value is -10.4. The van der Waals surface area contributed by atoms with E-state index in [1.54, 1.807) is 0 Å². The van der Waals surface area contributed by atoms with Crippen molar-refractivity contribution < 1.29 is 0 Å². The van der Waals surface area contributed by atoms with Crippen molar-refractivity contribution in [2.45, 2.75) is 0 Å². The third-order valence-corrected chi connectivity index (χ3v) is 15.1. The summed E-state index contributed by atoms with van der Waals surface area (Å²) in [5.41, 5.74) is 18.8. The molecule has 0 saturated heterocycles. The van der Waals surface area contributed by atoms with Crippen molar-refractivity contribution >= 4 is 110 Å². The Labute approximate surface area is 425 Å². The molecule has 74 heavy (non-hydrogen) atoms. The number of hydrogen-bond donors (Lipinski definition) is 0. The van der Waals surface area contributed by atoms with E-state index in [1.165, 1.54) is 65.5 Å². The van der Waals surface area contributed by atoms with Gasteiger partial charge in [-0.3, -0.25) is 0 Å². The standard InChI is InChI=1S/C68H40N6/c69-41-43-17-13-27-49(37-43)71(47-23-9-3-10-24-47)51-33-35-59-57(39-51)54-30-16-32-56-64-62(46-21-7-2-8-22-46)68-63(61(45-19-5-1-6-20-45)67(64)73(59)66(54)56)55-31-15-29-53-58-40-52(34-36-60(58)74(68)65(53)55)72(48-25-11-4-12-26-48)50-28-14-18-44(38-50)42-70/h1-40H. The van der Waals surface area contributed by atoms with E-state index in [4.69, 9.17) is 0 Å². The van der Waals surface area contributed by atoms with Gasteiger partial charge in [0.15, 0.2) is 0 Å². The molecule has 15 aromatic rings. The highest BCUT2D eigenvalue weighted by molar-refractivity contribution is 6.38. The van der Waals surface area contributed by atoms with E-state index in [0.717, 1.165) is 67.1 Å². The summed E-state index contributed by atoms with van der Waals surface area (Å²) in [6, 6.07) is 90.5. The minimum Gasteiger partial charge on any atom is -0.310 e. The van der Waals surface area contributed by atoms with Crippen LogP contribution in [0.4, 0.5) is 34.1 Å². The number of nitriles is 2. The quantitative estimate of drug-likeness (QED) is 0.152. The molecule has 15 rings (SSSR count). The van der Waals surface area contributed by atoms with Crippen LogP contribution in [0.15, 0.2) is 243 Å². The van der Waals surface area contributed by atoms with Gasteiger partial charge < -0.3 is 18.6 Å². The van der Waals surface area contributed by atoms with Crippen LogP contribution in [-0.4, -0.2) is 8.80 Å². The number of hydrogen-bond acceptors (Lipinski definition) is 4. The maximum atomic E-state index is 9.98. The van der Waals surface area contributed by atoms with E-state index < -0.39 is 0 Å². The molecule has 11 aromatic carbocycles. The van der Waals surface area contributed by atoms with E-state index in [9.17, 15) is 10.5 Å². The predicted octanol–water partition coefficient (Wildman–Crippen LogP) is 18.0. The number of anilines is 6. The van der Waals surface area contributed by atoms with Crippen LogP contribution < -0.4 is 9.80 Å². The van der Waals surface area contributed by atoms with Crippen LogP contribution in [0.3, 0.4) is 0 Å². The Bertz CT molecular complexity index is 4490. The third kappa shape index (κ3) is 5.91. The zero-order valence-electron chi connectivity index (χ0n) is 39.8. The average molecular weight is 941 g/mol. The molecule has 0 N–H and O–H groups in total. The Morgan fingerprint density at radius 2 is 0.635 bits per heavy atom. The SMILES string of the molecule is N#Cc1cccc(N(c2ccccc2)c2ccc3c(c2)c2cccc4c5c(-c6ccccc6)c6c(c(-c7ccccc7)c5n3c24)c2cccc3c4cc(N(c5ccccc5)c5cccc(C#N)c5)ccc4n6c32)c1. The van der Waals surface area contributed by atoms with Crippen molar-refractivity contribution in [2.75, 3.05) is 9.80 Å². The van der Waals surface area contributed by atoms with Gasteiger partial charge in [-0.05, 0) is 108 Å². The summed E-state index contributed by atoms with van der Waals surface area (Å²) in [5, 5.41) is 29.4. The molecule has 4 aromatic heterocycles. The van der Waals surface area contributed by atoms with Crippen LogP contribution in [0.25, 0.3) is 98.4 Å². The second-order valence-electron chi connectivity index (χ2n) is 19.1. The highest BCUT2D eigenvalue weighted by Crippen LogP contribution is 2.54. The largest absolute Gasteiger partial charge is 0.310 e. The molecule has 0 fully saturated rings. The molecule has 0 aliphatic rings. The first-order valence-electron chi connectivity index (χ1n) is 24.9. The van der Waals surface area contributed by atoms with E-state index in [2.05, 4.69) is 225 Å². The summed E-state index contributed by atoms with van der Waals surface area (Å²) < 4.78 is 5.10. The van der Waals surface area contributed by atoms with Gasteiger partial charge in [-0.15, -0.1) is 0 Å². The maximum absolute atomic E-state index is 9.98. The summed E-state index contributed by atoms with van der Waals surface area (Å²) in [7, 11) is 0. The van der Waals surface area contributed by atoms with Crippen LogP contribution >= 0.6 is 0 Å². The number of rotatable bonds is 8. The zero-order chi connectivity index (χ0) is 49.0. The first-order chi connectivity index (χ1) is 36.7. The van der Waals surface area contributed by atoms with Gasteiger partial charge in [0, 0.05) is 88.3 Å². The van der Waals surface area contributed by atoms with Crippen molar-refractivity contribution in [3.8, 4) is 34.4 Å². The molecule has 342 valence electrons. The first kappa shape index (κ1) is 41.4. The van der Waals surface area contributed by atoms with Crippen molar-refractivity contribution in [3.05, 3.63) is 254 Å². The van der Waals surface area contributed by atoms with Crippen LogP contribution in [0.5, 0.6) is 0 Å². The Balaban J connectivity index is 1.07. The second kappa shape index (κ2) is 16.1. The summed E-state index contributed by atoms with van der Waals surface area (Å²) in [5.74, 6) is 0. The molecule has 0 unspecified atom stereocenters. The minimum atomic E-state index is 0.612. The van der Waals surface area contributed by atoms with Gasteiger partial charge in [0.25, 0.3) is 0 Å². The number of nitrogens with zero attached hydrogens (tertiary/aromatic N) is 6. The highest BCUT2D eigenvalue weighted by atomic mass is 15.1. The Morgan fingerprint density at radius 1 is 0.284 bits per heavy atom. The van der Waals surface area contributed by atoms with Gasteiger partial charge in [0.2, 0.25) is 0 Å². The van der Waals surface area contributed by atoms with Gasteiger partial charge in [-0.25, -0.2) is 0 Å². The third-order valence-electron chi connectivity index (χ3n) is 15.1. The van der Waals surface area contributed by atoms with Crippen LogP contribution in [0, 0.1) is 22.7 Å². The lowest BCUT2D eigenvalue weighted by molar-refractivity contribution is 1.28. The minimum absolute atomic E-state index is 0.612. The van der Waals surface area contributed by atoms with Gasteiger partial charge >= 0.3 is 0 Å². The summed E-state index contributed by atoms with van der Waals surface area (Å²) in [4.78, 5) is 4.49. The van der Waals surface area contributed by atoms with E-state index >= 15 is 0 Å². The van der Waals surface area contributed by atoms with Crippen LogP contribution in [0.1, 0.15) is 11.1 Å². The fourth-order valence-electron chi connectivity index (χ4n) is 12.2. The molecule has 4 heterocycles. The smallest absolute Gasteiger partial charge is 0.0992 e. The molecule has 0 atom stereocenters. The molecule has 0 aliphatic heterocycles. The van der Waals surface area contributed by atoms with Gasteiger partial charge in [0.1, 0.15) is 0 Å². The average Bonchev–Trinajstić information content (AvgIpc) is 4.20. The normalized spacial score (nSPS) is 11.8. The lowest BCUT2D eigenvalue weighted by Gasteiger charge is -2.25. The van der Waals surface area contributed by atoms with Crippen molar-refractivity contribution in [2.24, 2.45) is 0 Å². The van der Waals surface area contributed by atoms with Gasteiger partial charge in [0.05, 0.1) is 56.4 Å². The summed E-state index contributed by atoms with van der Waals surface area (Å²) in [6.07, 6.45) is 0. The molecule has 0 amide bonds. The number of aromatic nitrogens is 2. The van der Waals surface area contributed by atoms with Crippen molar-refractivity contribution in [1.82, 2.24) is 8.80 Å². The van der Waals surface area contributed by atoms with E-state index in [1.807, 2.05) is 48.5 Å². The molecule has 0 saturated carbocycles. The molecular formula is C68H40N6. The molecule has 0 radical (unpaired) electrons. The van der Waals surface area contributed by atoms with Crippen LogP contribution in [-0.2, 0) is 0 Å². The zero-order valence-corrected chi connectivity index (χ0v) is 39.8. The Morgan fingerprint density at radius 3 is 1.04 bits per heavy atom. The second-order valence-corrected chi connectivity index (χ2v) is 19.1.